The van der Waals surface area contributed by atoms with Crippen molar-refractivity contribution in [1.82, 2.24) is 15.1 Å². The van der Waals surface area contributed by atoms with E-state index in [1.165, 1.54) is 43.4 Å². The van der Waals surface area contributed by atoms with E-state index in [1.807, 2.05) is 6.20 Å². The van der Waals surface area contributed by atoms with Crippen LogP contribution in [0.4, 0.5) is 0 Å². The van der Waals surface area contributed by atoms with Gasteiger partial charge in [-0.15, -0.1) is 0 Å². The molecule has 0 radical (unpaired) electrons. The maximum absolute atomic E-state index is 4.59. The highest BCUT2D eigenvalue weighted by Gasteiger charge is 2.18. The van der Waals surface area contributed by atoms with Crippen LogP contribution in [0.2, 0.25) is 0 Å². The zero-order valence-electron chi connectivity index (χ0n) is 11.4. The Bertz CT molecular complexity index is 348. The minimum atomic E-state index is 0.535. The second-order valence-corrected chi connectivity index (χ2v) is 5.53. The van der Waals surface area contributed by atoms with E-state index in [9.17, 15) is 0 Å². The summed E-state index contributed by atoms with van der Waals surface area (Å²) in [6.45, 7) is 7.51. The Hall–Kier alpha value is -0.830. The highest BCUT2D eigenvalue weighted by Crippen LogP contribution is 2.29. The molecule has 0 amide bonds. The first-order valence-corrected chi connectivity index (χ1v) is 6.95. The molecule has 0 atom stereocenters. The summed E-state index contributed by atoms with van der Waals surface area (Å²) in [7, 11) is 0. The Kier molecular flexibility index (Phi) is 4.21. The van der Waals surface area contributed by atoms with Crippen molar-refractivity contribution < 1.29 is 0 Å². The molecule has 1 heterocycles. The van der Waals surface area contributed by atoms with Gasteiger partial charge in [0.05, 0.1) is 12.2 Å². The first-order valence-electron chi connectivity index (χ1n) is 6.95. The maximum Gasteiger partial charge on any atom is 0.0537 e. The van der Waals surface area contributed by atoms with Gasteiger partial charge >= 0.3 is 0 Å². The van der Waals surface area contributed by atoms with E-state index in [2.05, 4.69) is 35.9 Å². The van der Waals surface area contributed by atoms with Crippen molar-refractivity contribution >= 4 is 0 Å². The predicted octanol–water partition coefficient (Wildman–Crippen LogP) is 3.19. The van der Waals surface area contributed by atoms with Crippen molar-refractivity contribution in [3.05, 3.63) is 17.5 Å². The predicted molar refractivity (Wildman–Crippen MR) is 71.1 cm³/mol. The van der Waals surface area contributed by atoms with E-state index in [4.69, 9.17) is 0 Å². The SMILES string of the molecule is Cc1c(CNC(C)C)cnn1C1CCCCC1. The van der Waals surface area contributed by atoms with E-state index in [0.717, 1.165) is 6.54 Å². The van der Waals surface area contributed by atoms with Gasteiger partial charge in [0.15, 0.2) is 0 Å². The third-order valence-corrected chi connectivity index (χ3v) is 3.77. The van der Waals surface area contributed by atoms with Gasteiger partial charge in [-0.3, -0.25) is 4.68 Å². The lowest BCUT2D eigenvalue weighted by atomic mass is 9.95. The van der Waals surface area contributed by atoms with Crippen molar-refractivity contribution in [1.29, 1.82) is 0 Å². The second-order valence-electron chi connectivity index (χ2n) is 5.53. The first-order chi connectivity index (χ1) is 8.18. The summed E-state index contributed by atoms with van der Waals surface area (Å²) in [4.78, 5) is 0. The fraction of sp³-hybridized carbons (Fsp3) is 0.786. The van der Waals surface area contributed by atoms with E-state index >= 15 is 0 Å². The minimum absolute atomic E-state index is 0.535. The molecule has 0 saturated heterocycles. The first kappa shape index (κ1) is 12.6. The lowest BCUT2D eigenvalue weighted by Crippen LogP contribution is -2.22. The lowest BCUT2D eigenvalue weighted by molar-refractivity contribution is 0.324. The molecule has 1 aliphatic rings. The van der Waals surface area contributed by atoms with Crippen LogP contribution in [-0.2, 0) is 6.54 Å². The van der Waals surface area contributed by atoms with Gasteiger partial charge in [-0.25, -0.2) is 0 Å². The van der Waals surface area contributed by atoms with Crippen LogP contribution in [0.3, 0.4) is 0 Å². The van der Waals surface area contributed by atoms with Gasteiger partial charge in [0.2, 0.25) is 0 Å². The third kappa shape index (κ3) is 3.09. The molecule has 1 fully saturated rings. The molecular weight excluding hydrogens is 210 g/mol. The van der Waals surface area contributed by atoms with Crippen LogP contribution in [0.1, 0.15) is 63.3 Å². The van der Waals surface area contributed by atoms with Crippen molar-refractivity contribution in [3.63, 3.8) is 0 Å². The zero-order chi connectivity index (χ0) is 12.3. The Morgan fingerprint density at radius 2 is 2.06 bits per heavy atom. The molecule has 0 aromatic carbocycles. The molecule has 0 unspecified atom stereocenters. The Labute approximate surface area is 105 Å². The van der Waals surface area contributed by atoms with Crippen LogP contribution in [0.15, 0.2) is 6.20 Å². The van der Waals surface area contributed by atoms with Crippen LogP contribution in [0.25, 0.3) is 0 Å². The zero-order valence-corrected chi connectivity index (χ0v) is 11.4. The van der Waals surface area contributed by atoms with Gasteiger partial charge in [-0.1, -0.05) is 33.1 Å². The highest BCUT2D eigenvalue weighted by atomic mass is 15.3. The molecule has 3 heteroatoms. The average molecular weight is 235 g/mol. The second kappa shape index (κ2) is 5.67. The molecule has 1 N–H and O–H groups in total. The van der Waals surface area contributed by atoms with E-state index < -0.39 is 0 Å². The maximum atomic E-state index is 4.59. The van der Waals surface area contributed by atoms with E-state index in [1.54, 1.807) is 0 Å². The van der Waals surface area contributed by atoms with Gasteiger partial charge in [0.1, 0.15) is 0 Å². The van der Waals surface area contributed by atoms with Gasteiger partial charge in [-0.05, 0) is 19.8 Å². The van der Waals surface area contributed by atoms with Crippen molar-refractivity contribution in [2.24, 2.45) is 0 Å². The van der Waals surface area contributed by atoms with Crippen LogP contribution >= 0.6 is 0 Å². The normalized spacial score (nSPS) is 17.9. The standard InChI is InChI=1S/C14H25N3/c1-11(2)15-9-13-10-16-17(12(13)3)14-7-5-4-6-8-14/h10-11,14-15H,4-9H2,1-3H3. The molecule has 0 aliphatic heterocycles. The number of hydrogen-bond donors (Lipinski definition) is 1. The number of rotatable bonds is 4. The summed E-state index contributed by atoms with van der Waals surface area (Å²) >= 11 is 0. The smallest absolute Gasteiger partial charge is 0.0537 e. The fourth-order valence-electron chi connectivity index (χ4n) is 2.64. The number of nitrogens with zero attached hydrogens (tertiary/aromatic N) is 2. The minimum Gasteiger partial charge on any atom is -0.310 e. The summed E-state index contributed by atoms with van der Waals surface area (Å²) < 4.78 is 2.26. The Morgan fingerprint density at radius 1 is 1.35 bits per heavy atom. The molecule has 96 valence electrons. The number of hydrogen-bond acceptors (Lipinski definition) is 2. The summed E-state index contributed by atoms with van der Waals surface area (Å²) in [5.74, 6) is 0. The molecule has 1 saturated carbocycles. The topological polar surface area (TPSA) is 29.9 Å². The molecule has 1 aromatic heterocycles. The van der Waals surface area contributed by atoms with Gasteiger partial charge in [0, 0.05) is 23.8 Å². The van der Waals surface area contributed by atoms with Crippen LogP contribution in [-0.4, -0.2) is 15.8 Å². The summed E-state index contributed by atoms with van der Waals surface area (Å²) in [6, 6.07) is 1.18. The molecule has 0 spiro atoms. The van der Waals surface area contributed by atoms with Crippen molar-refractivity contribution in [2.45, 2.75) is 71.5 Å². The quantitative estimate of drug-likeness (QED) is 0.868. The lowest BCUT2D eigenvalue weighted by Gasteiger charge is -2.23. The molecule has 1 aliphatic carbocycles. The summed E-state index contributed by atoms with van der Waals surface area (Å²) in [6.07, 6.45) is 8.78. The fourth-order valence-corrected chi connectivity index (χ4v) is 2.64. The van der Waals surface area contributed by atoms with Crippen LogP contribution in [0.5, 0.6) is 0 Å². The molecule has 3 nitrogen and oxygen atoms in total. The van der Waals surface area contributed by atoms with Gasteiger partial charge in [-0.2, -0.15) is 5.10 Å². The highest BCUT2D eigenvalue weighted by molar-refractivity contribution is 5.16. The molecule has 2 rings (SSSR count). The van der Waals surface area contributed by atoms with E-state index in [-0.39, 0.29) is 0 Å². The largest absolute Gasteiger partial charge is 0.310 e. The van der Waals surface area contributed by atoms with Gasteiger partial charge in [0.25, 0.3) is 0 Å². The third-order valence-electron chi connectivity index (χ3n) is 3.77. The summed E-state index contributed by atoms with van der Waals surface area (Å²) in [5, 5.41) is 8.06. The number of aromatic nitrogens is 2. The van der Waals surface area contributed by atoms with Crippen LogP contribution in [0, 0.1) is 6.92 Å². The Balaban J connectivity index is 2.03. The summed E-state index contributed by atoms with van der Waals surface area (Å²) in [5.41, 5.74) is 2.70. The van der Waals surface area contributed by atoms with Crippen molar-refractivity contribution in [2.75, 3.05) is 0 Å². The van der Waals surface area contributed by atoms with Crippen LogP contribution < -0.4 is 5.32 Å². The average Bonchev–Trinajstić information content (AvgIpc) is 2.69. The van der Waals surface area contributed by atoms with E-state index in [0.29, 0.717) is 12.1 Å². The molecular formula is C14H25N3. The van der Waals surface area contributed by atoms with Gasteiger partial charge < -0.3 is 5.32 Å². The molecule has 17 heavy (non-hydrogen) atoms. The van der Waals surface area contributed by atoms with Crippen molar-refractivity contribution in [3.8, 4) is 0 Å². The Morgan fingerprint density at radius 3 is 2.71 bits per heavy atom. The number of nitrogens with one attached hydrogen (secondary N) is 1. The molecule has 0 bridgehead atoms. The monoisotopic (exact) mass is 235 g/mol. The molecule has 1 aromatic rings.